The average molecular weight is 271 g/mol. The Morgan fingerprint density at radius 1 is 1.39 bits per heavy atom. The lowest BCUT2D eigenvalue weighted by atomic mass is 10.0. The molecule has 0 aliphatic rings. The smallest absolute Gasteiger partial charge is 0.148 e. The number of sulfone groups is 1. The fourth-order valence-corrected chi connectivity index (χ4v) is 2.37. The van der Waals surface area contributed by atoms with E-state index in [4.69, 9.17) is 0 Å². The molecule has 1 unspecified atom stereocenters. The third kappa shape index (κ3) is 4.31. The number of aromatic hydroxyl groups is 1. The van der Waals surface area contributed by atoms with E-state index in [1.54, 1.807) is 6.07 Å². The van der Waals surface area contributed by atoms with Crippen LogP contribution in [0.5, 0.6) is 5.75 Å². The van der Waals surface area contributed by atoms with Crippen LogP contribution in [0.3, 0.4) is 0 Å². The van der Waals surface area contributed by atoms with Gasteiger partial charge in [-0.2, -0.15) is 0 Å². The molecule has 1 atom stereocenters. The van der Waals surface area contributed by atoms with Crippen molar-refractivity contribution in [2.24, 2.45) is 0 Å². The molecular formula is C13H21NO3S. The summed E-state index contributed by atoms with van der Waals surface area (Å²) >= 11 is 0. The van der Waals surface area contributed by atoms with E-state index in [1.165, 1.54) is 6.26 Å². The second-order valence-corrected chi connectivity index (χ2v) is 7.11. The Morgan fingerprint density at radius 2 is 2.00 bits per heavy atom. The molecular weight excluding hydrogens is 250 g/mol. The Bertz CT molecular complexity index is 511. The molecule has 0 aliphatic heterocycles. The molecule has 102 valence electrons. The van der Waals surface area contributed by atoms with Crippen LogP contribution in [-0.4, -0.2) is 44.0 Å². The molecule has 0 bridgehead atoms. The SMILES string of the molecule is Cc1ccc(C(C)N(C)CCS(C)(=O)=O)c(O)c1. The lowest BCUT2D eigenvalue weighted by Gasteiger charge is -2.25. The molecule has 0 saturated carbocycles. The summed E-state index contributed by atoms with van der Waals surface area (Å²) in [5, 5.41) is 9.89. The van der Waals surface area contributed by atoms with Gasteiger partial charge in [0.2, 0.25) is 0 Å². The van der Waals surface area contributed by atoms with Crippen molar-refractivity contribution in [1.29, 1.82) is 0 Å². The minimum absolute atomic E-state index is 0.0210. The van der Waals surface area contributed by atoms with Gasteiger partial charge in [0.25, 0.3) is 0 Å². The third-order valence-electron chi connectivity index (χ3n) is 3.11. The molecule has 0 spiro atoms. The Morgan fingerprint density at radius 3 is 2.50 bits per heavy atom. The van der Waals surface area contributed by atoms with Crippen molar-refractivity contribution in [2.75, 3.05) is 25.6 Å². The van der Waals surface area contributed by atoms with E-state index < -0.39 is 9.84 Å². The average Bonchev–Trinajstić information content (AvgIpc) is 2.24. The molecule has 1 aromatic carbocycles. The third-order valence-corrected chi connectivity index (χ3v) is 4.04. The van der Waals surface area contributed by atoms with Gasteiger partial charge >= 0.3 is 0 Å². The van der Waals surface area contributed by atoms with Crippen molar-refractivity contribution in [3.05, 3.63) is 29.3 Å². The number of aryl methyl sites for hydroxylation is 1. The summed E-state index contributed by atoms with van der Waals surface area (Å²) in [5.74, 6) is 0.384. The van der Waals surface area contributed by atoms with E-state index in [1.807, 2.05) is 37.9 Å². The van der Waals surface area contributed by atoms with Crippen LogP contribution in [0.4, 0.5) is 0 Å². The normalized spacial score (nSPS) is 13.8. The van der Waals surface area contributed by atoms with Crippen molar-refractivity contribution in [1.82, 2.24) is 4.90 Å². The zero-order valence-electron chi connectivity index (χ0n) is 11.3. The Balaban J connectivity index is 2.77. The van der Waals surface area contributed by atoms with Gasteiger partial charge in [-0.15, -0.1) is 0 Å². The molecule has 0 aromatic heterocycles. The maximum Gasteiger partial charge on any atom is 0.148 e. The molecule has 0 aliphatic carbocycles. The lowest BCUT2D eigenvalue weighted by Crippen LogP contribution is -2.28. The van der Waals surface area contributed by atoms with Gasteiger partial charge < -0.3 is 5.11 Å². The first kappa shape index (κ1) is 15.0. The van der Waals surface area contributed by atoms with Crippen LogP contribution in [0.25, 0.3) is 0 Å². The number of rotatable bonds is 5. The molecule has 5 heteroatoms. The number of hydrogen-bond acceptors (Lipinski definition) is 4. The molecule has 0 fully saturated rings. The van der Waals surface area contributed by atoms with Gasteiger partial charge in [-0.3, -0.25) is 4.90 Å². The monoisotopic (exact) mass is 271 g/mol. The standard InChI is InChI=1S/C13H21NO3S/c1-10-5-6-12(13(15)9-10)11(2)14(3)7-8-18(4,16)17/h5-6,9,11,15H,7-8H2,1-4H3. The van der Waals surface area contributed by atoms with Gasteiger partial charge in [0.1, 0.15) is 15.6 Å². The fraction of sp³-hybridized carbons (Fsp3) is 0.538. The first-order valence-corrected chi connectivity index (χ1v) is 7.94. The number of phenolic OH excluding ortho intramolecular Hbond substituents is 1. The molecule has 1 aromatic rings. The highest BCUT2D eigenvalue weighted by atomic mass is 32.2. The summed E-state index contributed by atoms with van der Waals surface area (Å²) in [5.41, 5.74) is 1.82. The minimum atomic E-state index is -2.96. The number of phenols is 1. The topological polar surface area (TPSA) is 57.6 Å². The summed E-state index contributed by atoms with van der Waals surface area (Å²) in [7, 11) is -1.10. The first-order chi connectivity index (χ1) is 8.20. The van der Waals surface area contributed by atoms with Crippen LogP contribution < -0.4 is 0 Å². The minimum Gasteiger partial charge on any atom is -0.508 e. The van der Waals surface area contributed by atoms with Gasteiger partial charge in [0, 0.05) is 24.4 Å². The molecule has 0 heterocycles. The zero-order chi connectivity index (χ0) is 13.9. The van der Waals surface area contributed by atoms with E-state index in [-0.39, 0.29) is 17.5 Å². The van der Waals surface area contributed by atoms with Crippen molar-refractivity contribution in [3.8, 4) is 5.75 Å². The van der Waals surface area contributed by atoms with E-state index >= 15 is 0 Å². The van der Waals surface area contributed by atoms with Gasteiger partial charge in [-0.25, -0.2) is 8.42 Å². The van der Waals surface area contributed by atoms with Crippen molar-refractivity contribution in [3.63, 3.8) is 0 Å². The quantitative estimate of drug-likeness (QED) is 0.886. The summed E-state index contributed by atoms with van der Waals surface area (Å²) in [6, 6.07) is 5.52. The summed E-state index contributed by atoms with van der Waals surface area (Å²) in [4.78, 5) is 1.92. The molecule has 0 amide bonds. The van der Waals surface area contributed by atoms with E-state index in [0.29, 0.717) is 6.54 Å². The molecule has 4 nitrogen and oxygen atoms in total. The van der Waals surface area contributed by atoms with Crippen LogP contribution in [0, 0.1) is 6.92 Å². The maximum absolute atomic E-state index is 11.1. The number of hydrogen-bond donors (Lipinski definition) is 1. The largest absolute Gasteiger partial charge is 0.508 e. The van der Waals surface area contributed by atoms with Crippen LogP contribution in [0.1, 0.15) is 24.1 Å². The summed E-state index contributed by atoms with van der Waals surface area (Å²) in [6.07, 6.45) is 1.23. The van der Waals surface area contributed by atoms with E-state index in [9.17, 15) is 13.5 Å². The van der Waals surface area contributed by atoms with Crippen LogP contribution in [-0.2, 0) is 9.84 Å². The predicted molar refractivity (Wildman–Crippen MR) is 73.6 cm³/mol. The maximum atomic E-state index is 11.1. The van der Waals surface area contributed by atoms with Gasteiger partial charge in [0.15, 0.2) is 0 Å². The molecule has 1 rings (SSSR count). The number of benzene rings is 1. The van der Waals surface area contributed by atoms with Crippen LogP contribution in [0.15, 0.2) is 18.2 Å². The lowest BCUT2D eigenvalue weighted by molar-refractivity contribution is 0.270. The van der Waals surface area contributed by atoms with Gasteiger partial charge in [-0.1, -0.05) is 12.1 Å². The zero-order valence-corrected chi connectivity index (χ0v) is 12.2. The fourth-order valence-electron chi connectivity index (χ4n) is 1.75. The Labute approximate surface area is 109 Å². The summed E-state index contributed by atoms with van der Waals surface area (Å²) in [6.45, 7) is 4.32. The van der Waals surface area contributed by atoms with Crippen molar-refractivity contribution >= 4 is 9.84 Å². The van der Waals surface area contributed by atoms with Gasteiger partial charge in [-0.05, 0) is 32.5 Å². The second-order valence-electron chi connectivity index (χ2n) is 4.85. The number of nitrogens with zero attached hydrogens (tertiary/aromatic N) is 1. The second kappa shape index (κ2) is 5.71. The molecule has 1 N–H and O–H groups in total. The van der Waals surface area contributed by atoms with Crippen molar-refractivity contribution < 1.29 is 13.5 Å². The van der Waals surface area contributed by atoms with E-state index in [0.717, 1.165) is 11.1 Å². The summed E-state index contributed by atoms with van der Waals surface area (Å²) < 4.78 is 22.3. The molecule has 0 saturated heterocycles. The highest BCUT2D eigenvalue weighted by Gasteiger charge is 2.16. The van der Waals surface area contributed by atoms with Gasteiger partial charge in [0.05, 0.1) is 5.75 Å². The molecule has 0 radical (unpaired) electrons. The highest BCUT2D eigenvalue weighted by Crippen LogP contribution is 2.28. The van der Waals surface area contributed by atoms with Crippen LogP contribution in [0.2, 0.25) is 0 Å². The Hall–Kier alpha value is -1.07. The molecule has 18 heavy (non-hydrogen) atoms. The Kier molecular flexibility index (Phi) is 4.76. The van der Waals surface area contributed by atoms with E-state index in [2.05, 4.69) is 0 Å². The predicted octanol–water partition coefficient (Wildman–Crippen LogP) is 1.74. The van der Waals surface area contributed by atoms with Crippen molar-refractivity contribution in [2.45, 2.75) is 19.9 Å². The first-order valence-electron chi connectivity index (χ1n) is 5.88. The highest BCUT2D eigenvalue weighted by molar-refractivity contribution is 7.90. The van der Waals surface area contributed by atoms with Crippen LogP contribution >= 0.6 is 0 Å².